The van der Waals surface area contributed by atoms with Crippen molar-refractivity contribution in [2.24, 2.45) is 0 Å². The summed E-state index contributed by atoms with van der Waals surface area (Å²) in [5.74, 6) is 0. The van der Waals surface area contributed by atoms with Crippen molar-refractivity contribution in [3.8, 4) is 0 Å². The van der Waals surface area contributed by atoms with Gasteiger partial charge < -0.3 is 4.43 Å². The zero-order valence-electron chi connectivity index (χ0n) is 14.0. The molecule has 0 N–H and O–H groups in total. The van der Waals surface area contributed by atoms with E-state index in [4.69, 9.17) is 4.43 Å². The molecule has 0 aromatic rings. The third-order valence-electron chi connectivity index (χ3n) is 3.66. The van der Waals surface area contributed by atoms with Crippen LogP contribution in [-0.4, -0.2) is 15.1 Å². The molecule has 0 rings (SSSR count). The number of hydrogen-bond donors (Lipinski definition) is 0. The van der Waals surface area contributed by atoms with Crippen LogP contribution in [0.15, 0.2) is 0 Å². The van der Waals surface area contributed by atoms with Gasteiger partial charge in [-0.05, 0) is 25.9 Å². The Morgan fingerprint density at radius 2 is 1.11 bits per heavy atom. The van der Waals surface area contributed by atoms with E-state index in [1.165, 1.54) is 77.0 Å². The Hall–Kier alpha value is 0.177. The standard InChI is InChI=1S/C17H37OSi/c1-5-7-9-11-13-15-17(18-19(3)4)16-14-12-10-8-6-2/h17H,5-16H2,1-4H3. The summed E-state index contributed by atoms with van der Waals surface area (Å²) >= 11 is 0. The molecule has 0 saturated heterocycles. The molecule has 0 bridgehead atoms. The van der Waals surface area contributed by atoms with Crippen molar-refractivity contribution in [1.29, 1.82) is 0 Å². The molecule has 0 spiro atoms. The van der Waals surface area contributed by atoms with Gasteiger partial charge in [0.2, 0.25) is 9.04 Å². The van der Waals surface area contributed by atoms with Gasteiger partial charge in [-0.15, -0.1) is 0 Å². The summed E-state index contributed by atoms with van der Waals surface area (Å²) < 4.78 is 6.17. The van der Waals surface area contributed by atoms with Crippen LogP contribution in [0.4, 0.5) is 0 Å². The lowest BCUT2D eigenvalue weighted by atomic mass is 10.0. The first kappa shape index (κ1) is 19.2. The molecule has 0 aliphatic rings. The predicted octanol–water partition coefficient (Wildman–Crippen LogP) is 6.34. The highest BCUT2D eigenvalue weighted by Gasteiger charge is 2.11. The fourth-order valence-corrected chi connectivity index (χ4v) is 3.45. The fourth-order valence-electron chi connectivity index (χ4n) is 2.55. The van der Waals surface area contributed by atoms with Gasteiger partial charge >= 0.3 is 0 Å². The van der Waals surface area contributed by atoms with Crippen LogP contribution in [0.3, 0.4) is 0 Å². The Morgan fingerprint density at radius 1 is 0.684 bits per heavy atom. The topological polar surface area (TPSA) is 9.23 Å². The highest BCUT2D eigenvalue weighted by Crippen LogP contribution is 2.16. The van der Waals surface area contributed by atoms with Gasteiger partial charge in [0, 0.05) is 6.10 Å². The molecule has 0 aliphatic carbocycles. The monoisotopic (exact) mass is 285 g/mol. The summed E-state index contributed by atoms with van der Waals surface area (Å²) in [6.07, 6.45) is 17.0. The summed E-state index contributed by atoms with van der Waals surface area (Å²) in [7, 11) is -0.527. The first-order valence-electron chi connectivity index (χ1n) is 8.67. The Morgan fingerprint density at radius 3 is 1.47 bits per heavy atom. The minimum Gasteiger partial charge on any atom is -0.414 e. The zero-order chi connectivity index (χ0) is 14.3. The Kier molecular flexibility index (Phi) is 14.7. The summed E-state index contributed by atoms with van der Waals surface area (Å²) in [5.41, 5.74) is 0. The van der Waals surface area contributed by atoms with Gasteiger partial charge in [0.25, 0.3) is 0 Å². The van der Waals surface area contributed by atoms with Crippen LogP contribution in [0.25, 0.3) is 0 Å². The molecule has 0 atom stereocenters. The van der Waals surface area contributed by atoms with Gasteiger partial charge in [0.05, 0.1) is 0 Å². The molecule has 0 amide bonds. The van der Waals surface area contributed by atoms with Crippen molar-refractivity contribution in [3.05, 3.63) is 0 Å². The van der Waals surface area contributed by atoms with E-state index in [-0.39, 0.29) is 0 Å². The van der Waals surface area contributed by atoms with Crippen molar-refractivity contribution < 1.29 is 4.43 Å². The van der Waals surface area contributed by atoms with E-state index in [9.17, 15) is 0 Å². The van der Waals surface area contributed by atoms with Crippen LogP contribution >= 0.6 is 0 Å². The molecule has 0 heterocycles. The molecule has 1 nitrogen and oxygen atoms in total. The van der Waals surface area contributed by atoms with Crippen molar-refractivity contribution in [1.82, 2.24) is 0 Å². The average molecular weight is 286 g/mol. The van der Waals surface area contributed by atoms with E-state index in [1.54, 1.807) is 0 Å². The molecule has 115 valence electrons. The SMILES string of the molecule is CCCCCCCC(CCCCCCC)O[Si](C)C. The van der Waals surface area contributed by atoms with Crippen LogP contribution in [0, 0.1) is 0 Å². The zero-order valence-corrected chi connectivity index (χ0v) is 15.0. The fraction of sp³-hybridized carbons (Fsp3) is 1.00. The van der Waals surface area contributed by atoms with E-state index >= 15 is 0 Å². The van der Waals surface area contributed by atoms with E-state index in [1.807, 2.05) is 0 Å². The van der Waals surface area contributed by atoms with Crippen LogP contribution in [0.1, 0.15) is 90.9 Å². The van der Waals surface area contributed by atoms with Crippen molar-refractivity contribution >= 4 is 9.04 Å². The highest BCUT2D eigenvalue weighted by molar-refractivity contribution is 6.48. The normalized spacial score (nSPS) is 11.7. The predicted molar refractivity (Wildman–Crippen MR) is 89.1 cm³/mol. The lowest BCUT2D eigenvalue weighted by molar-refractivity contribution is 0.174. The van der Waals surface area contributed by atoms with Gasteiger partial charge in [0.15, 0.2) is 0 Å². The summed E-state index contributed by atoms with van der Waals surface area (Å²) in [6, 6.07) is 0. The Bertz CT molecular complexity index is 157. The average Bonchev–Trinajstić information content (AvgIpc) is 2.37. The molecule has 0 saturated carbocycles. The molecule has 0 fully saturated rings. The Labute approximate surface area is 124 Å². The maximum atomic E-state index is 6.17. The van der Waals surface area contributed by atoms with E-state index in [0.717, 1.165) is 0 Å². The summed E-state index contributed by atoms with van der Waals surface area (Å²) in [6.45, 7) is 9.10. The largest absolute Gasteiger partial charge is 0.414 e. The van der Waals surface area contributed by atoms with Crippen molar-refractivity contribution in [2.45, 2.75) is 110 Å². The first-order chi connectivity index (χ1) is 9.20. The summed E-state index contributed by atoms with van der Waals surface area (Å²) in [4.78, 5) is 0. The lowest BCUT2D eigenvalue weighted by Gasteiger charge is -2.20. The minimum atomic E-state index is -0.527. The van der Waals surface area contributed by atoms with Crippen LogP contribution in [-0.2, 0) is 4.43 Å². The van der Waals surface area contributed by atoms with Gasteiger partial charge in [0.1, 0.15) is 0 Å². The second-order valence-corrected chi connectivity index (χ2v) is 8.11. The number of rotatable bonds is 14. The minimum absolute atomic E-state index is 0.527. The molecule has 0 unspecified atom stereocenters. The molecular weight excluding hydrogens is 248 g/mol. The van der Waals surface area contributed by atoms with Gasteiger partial charge in [-0.2, -0.15) is 0 Å². The van der Waals surface area contributed by atoms with E-state index in [0.29, 0.717) is 6.10 Å². The lowest BCUT2D eigenvalue weighted by Crippen LogP contribution is -2.20. The van der Waals surface area contributed by atoms with Gasteiger partial charge in [-0.3, -0.25) is 0 Å². The molecule has 19 heavy (non-hydrogen) atoms. The van der Waals surface area contributed by atoms with Crippen molar-refractivity contribution in [3.63, 3.8) is 0 Å². The number of unbranched alkanes of at least 4 members (excludes halogenated alkanes) is 8. The van der Waals surface area contributed by atoms with Crippen LogP contribution in [0.5, 0.6) is 0 Å². The summed E-state index contributed by atoms with van der Waals surface area (Å²) in [5, 5.41) is 0. The van der Waals surface area contributed by atoms with Gasteiger partial charge in [-0.1, -0.05) is 78.1 Å². The van der Waals surface area contributed by atoms with E-state index in [2.05, 4.69) is 26.9 Å². The van der Waals surface area contributed by atoms with Gasteiger partial charge in [-0.25, -0.2) is 0 Å². The molecular formula is C17H37OSi. The van der Waals surface area contributed by atoms with Crippen LogP contribution < -0.4 is 0 Å². The second kappa shape index (κ2) is 14.6. The smallest absolute Gasteiger partial charge is 0.205 e. The van der Waals surface area contributed by atoms with E-state index < -0.39 is 9.04 Å². The number of hydrogen-bond acceptors (Lipinski definition) is 1. The quantitative estimate of drug-likeness (QED) is 0.267. The molecule has 1 radical (unpaired) electrons. The van der Waals surface area contributed by atoms with Crippen molar-refractivity contribution in [2.75, 3.05) is 0 Å². The maximum absolute atomic E-state index is 6.17. The second-order valence-electron chi connectivity index (χ2n) is 6.05. The molecule has 0 aliphatic heterocycles. The molecule has 2 heteroatoms. The molecule has 0 aromatic heterocycles. The molecule has 0 aromatic carbocycles. The third kappa shape index (κ3) is 14.4. The van der Waals surface area contributed by atoms with Crippen LogP contribution in [0.2, 0.25) is 13.1 Å². The Balaban J connectivity index is 3.63. The third-order valence-corrected chi connectivity index (χ3v) is 4.47. The maximum Gasteiger partial charge on any atom is 0.205 e. The highest BCUT2D eigenvalue weighted by atomic mass is 28.3. The first-order valence-corrected chi connectivity index (χ1v) is 11.1.